The van der Waals surface area contributed by atoms with Crippen molar-refractivity contribution in [2.24, 2.45) is 18.1 Å². The molecule has 0 aliphatic carbocycles. The van der Waals surface area contributed by atoms with Gasteiger partial charge in [0.25, 0.3) is 10.2 Å². The van der Waals surface area contributed by atoms with Crippen molar-refractivity contribution in [2.45, 2.75) is 32.7 Å². The predicted molar refractivity (Wildman–Crippen MR) is 81.9 cm³/mol. The van der Waals surface area contributed by atoms with E-state index in [9.17, 15) is 13.2 Å². The number of hydrogen-bond acceptors (Lipinski definition) is 4. The van der Waals surface area contributed by atoms with E-state index in [0.717, 1.165) is 11.3 Å². The molecule has 2 rings (SSSR count). The molecule has 9 heteroatoms. The first kappa shape index (κ1) is 16.9. The molecule has 1 aliphatic heterocycles. The molecule has 0 bridgehead atoms. The quantitative estimate of drug-likeness (QED) is 0.798. The van der Waals surface area contributed by atoms with Gasteiger partial charge in [-0.3, -0.25) is 9.48 Å². The number of aromatic nitrogens is 2. The predicted octanol–water partition coefficient (Wildman–Crippen LogP) is -0.179. The second-order valence-corrected chi connectivity index (χ2v) is 7.30. The highest BCUT2D eigenvalue weighted by atomic mass is 32.2. The summed E-state index contributed by atoms with van der Waals surface area (Å²) in [5.74, 6) is -0.234. The van der Waals surface area contributed by atoms with Crippen molar-refractivity contribution < 1.29 is 13.2 Å². The number of amides is 1. The van der Waals surface area contributed by atoms with Crippen LogP contribution >= 0.6 is 0 Å². The van der Waals surface area contributed by atoms with Crippen molar-refractivity contribution in [1.82, 2.24) is 19.4 Å². The van der Waals surface area contributed by atoms with Gasteiger partial charge < -0.3 is 5.32 Å². The maximum absolute atomic E-state index is 12.3. The van der Waals surface area contributed by atoms with Crippen LogP contribution in [-0.4, -0.2) is 41.5 Å². The van der Waals surface area contributed by atoms with Gasteiger partial charge in [0.2, 0.25) is 5.91 Å². The highest BCUT2D eigenvalue weighted by Crippen LogP contribution is 2.21. The minimum Gasteiger partial charge on any atom is -0.349 e. The Labute approximate surface area is 130 Å². The Balaban J connectivity index is 1.92. The molecule has 0 radical (unpaired) electrons. The minimum atomic E-state index is -3.65. The van der Waals surface area contributed by atoms with Gasteiger partial charge in [-0.2, -0.15) is 17.8 Å². The monoisotopic (exact) mass is 329 g/mol. The van der Waals surface area contributed by atoms with Gasteiger partial charge in [-0.25, -0.2) is 5.14 Å². The molecule has 1 amide bonds. The second kappa shape index (κ2) is 6.35. The summed E-state index contributed by atoms with van der Waals surface area (Å²) in [5.41, 5.74) is 2.00. The lowest BCUT2D eigenvalue weighted by Crippen LogP contribution is -2.45. The molecule has 1 aliphatic rings. The van der Waals surface area contributed by atoms with Gasteiger partial charge in [-0.05, 0) is 26.7 Å². The highest BCUT2D eigenvalue weighted by molar-refractivity contribution is 7.86. The van der Waals surface area contributed by atoms with E-state index in [4.69, 9.17) is 5.14 Å². The van der Waals surface area contributed by atoms with Crippen LogP contribution in [0.25, 0.3) is 0 Å². The zero-order valence-corrected chi connectivity index (χ0v) is 13.9. The maximum atomic E-state index is 12.3. The first-order valence-corrected chi connectivity index (χ1v) is 8.77. The van der Waals surface area contributed by atoms with Gasteiger partial charge in [-0.1, -0.05) is 0 Å². The second-order valence-electron chi connectivity index (χ2n) is 5.76. The molecule has 124 valence electrons. The van der Waals surface area contributed by atoms with E-state index >= 15 is 0 Å². The van der Waals surface area contributed by atoms with Gasteiger partial charge in [0.05, 0.1) is 12.2 Å². The fourth-order valence-corrected chi connectivity index (χ4v) is 3.44. The summed E-state index contributed by atoms with van der Waals surface area (Å²) in [5, 5.41) is 12.3. The van der Waals surface area contributed by atoms with Crippen LogP contribution in [0.5, 0.6) is 0 Å². The average Bonchev–Trinajstić information content (AvgIpc) is 2.78. The number of nitrogens with zero attached hydrogens (tertiary/aromatic N) is 3. The summed E-state index contributed by atoms with van der Waals surface area (Å²) < 4.78 is 25.5. The van der Waals surface area contributed by atoms with E-state index in [1.54, 1.807) is 10.9 Å². The Kier molecular flexibility index (Phi) is 4.88. The Morgan fingerprint density at radius 2 is 2.05 bits per heavy atom. The molecule has 2 heterocycles. The fraction of sp³-hybridized carbons (Fsp3) is 0.692. The summed E-state index contributed by atoms with van der Waals surface area (Å²) in [7, 11) is -1.80. The number of carbonyl (C=O) groups is 1. The highest BCUT2D eigenvalue weighted by Gasteiger charge is 2.30. The van der Waals surface area contributed by atoms with Crippen LogP contribution in [0.15, 0.2) is 6.20 Å². The number of aryl methyl sites for hydroxylation is 1. The van der Waals surface area contributed by atoms with Crippen LogP contribution in [0.1, 0.15) is 37.1 Å². The topological polar surface area (TPSA) is 110 Å². The van der Waals surface area contributed by atoms with Crippen molar-refractivity contribution in [2.75, 3.05) is 13.1 Å². The van der Waals surface area contributed by atoms with E-state index in [-0.39, 0.29) is 31.0 Å². The summed E-state index contributed by atoms with van der Waals surface area (Å²) in [6.45, 7) is 4.45. The van der Waals surface area contributed by atoms with Gasteiger partial charge in [0.15, 0.2) is 0 Å². The molecule has 0 aromatic carbocycles. The number of nitrogens with two attached hydrogens (primary N) is 1. The molecule has 22 heavy (non-hydrogen) atoms. The molecule has 8 nitrogen and oxygen atoms in total. The minimum absolute atomic E-state index is 0.0511. The normalized spacial score (nSPS) is 19.1. The lowest BCUT2D eigenvalue weighted by Gasteiger charge is -2.29. The molecular weight excluding hydrogens is 306 g/mol. The van der Waals surface area contributed by atoms with Gasteiger partial charge in [0.1, 0.15) is 0 Å². The Hall–Kier alpha value is -1.45. The largest absolute Gasteiger partial charge is 0.349 e. The molecule has 1 aromatic rings. The summed E-state index contributed by atoms with van der Waals surface area (Å²) >= 11 is 0. The molecule has 3 N–H and O–H groups in total. The SMILES string of the molecule is Cc1c(C(C)NC(=O)C2CCN(S(N)(=O)=O)CC2)cnn1C. The number of carbonyl (C=O) groups excluding carboxylic acids is 1. The first-order chi connectivity index (χ1) is 10.2. The third-order valence-electron chi connectivity index (χ3n) is 4.28. The molecule has 1 saturated heterocycles. The first-order valence-electron chi connectivity index (χ1n) is 7.27. The molecule has 1 aromatic heterocycles. The molecule has 0 spiro atoms. The molecule has 1 fully saturated rings. The van der Waals surface area contributed by atoms with Crippen molar-refractivity contribution in [3.63, 3.8) is 0 Å². The van der Waals surface area contributed by atoms with Crippen LogP contribution in [-0.2, 0) is 22.1 Å². The Bertz CT molecular complexity index is 647. The van der Waals surface area contributed by atoms with Gasteiger partial charge in [-0.15, -0.1) is 0 Å². The summed E-state index contributed by atoms with van der Waals surface area (Å²) in [4.78, 5) is 12.3. The molecule has 1 unspecified atom stereocenters. The van der Waals surface area contributed by atoms with E-state index in [2.05, 4.69) is 10.4 Å². The van der Waals surface area contributed by atoms with Crippen molar-refractivity contribution in [3.05, 3.63) is 17.5 Å². The molecule has 1 atom stereocenters. The number of piperidine rings is 1. The van der Waals surface area contributed by atoms with Crippen LogP contribution in [0.2, 0.25) is 0 Å². The van der Waals surface area contributed by atoms with Crippen LogP contribution in [0, 0.1) is 12.8 Å². The number of nitrogens with one attached hydrogen (secondary N) is 1. The number of rotatable bonds is 4. The van der Waals surface area contributed by atoms with Crippen molar-refractivity contribution >= 4 is 16.1 Å². The number of hydrogen-bond donors (Lipinski definition) is 2. The maximum Gasteiger partial charge on any atom is 0.276 e. The zero-order chi connectivity index (χ0) is 16.5. The van der Waals surface area contributed by atoms with E-state index < -0.39 is 10.2 Å². The van der Waals surface area contributed by atoms with Crippen LogP contribution in [0.3, 0.4) is 0 Å². The average molecular weight is 329 g/mol. The standard InChI is InChI=1S/C13H23N5O3S/c1-9(12-8-15-17(3)10(12)2)16-13(19)11-4-6-18(7-5-11)22(14,20)21/h8-9,11H,4-7H2,1-3H3,(H,16,19)(H2,14,20,21). The molecule has 0 saturated carbocycles. The van der Waals surface area contributed by atoms with Gasteiger partial charge >= 0.3 is 0 Å². The van der Waals surface area contributed by atoms with Crippen molar-refractivity contribution in [1.29, 1.82) is 0 Å². The smallest absolute Gasteiger partial charge is 0.276 e. The van der Waals surface area contributed by atoms with Crippen molar-refractivity contribution in [3.8, 4) is 0 Å². The van der Waals surface area contributed by atoms with Crippen LogP contribution < -0.4 is 10.5 Å². The third kappa shape index (κ3) is 3.65. The molecular formula is C13H23N5O3S. The summed E-state index contributed by atoms with van der Waals surface area (Å²) in [6.07, 6.45) is 2.73. The van der Waals surface area contributed by atoms with Crippen LogP contribution in [0.4, 0.5) is 0 Å². The Morgan fingerprint density at radius 1 is 1.45 bits per heavy atom. The lowest BCUT2D eigenvalue weighted by atomic mass is 9.96. The lowest BCUT2D eigenvalue weighted by molar-refractivity contribution is -0.126. The zero-order valence-electron chi connectivity index (χ0n) is 13.1. The van der Waals surface area contributed by atoms with E-state index in [1.807, 2.05) is 20.9 Å². The fourth-order valence-electron chi connectivity index (χ4n) is 2.72. The van der Waals surface area contributed by atoms with E-state index in [1.165, 1.54) is 4.31 Å². The van der Waals surface area contributed by atoms with Gasteiger partial charge in [0, 0.05) is 37.3 Å². The third-order valence-corrected chi connectivity index (χ3v) is 5.37. The van der Waals surface area contributed by atoms with E-state index in [0.29, 0.717) is 12.8 Å². The summed E-state index contributed by atoms with van der Waals surface area (Å²) in [6, 6.07) is -0.127. The Morgan fingerprint density at radius 3 is 2.50 bits per heavy atom.